The number of rotatable bonds is 4. The lowest BCUT2D eigenvalue weighted by Gasteiger charge is -2.39. The number of hydrogen-bond acceptors (Lipinski definition) is 2. The molecule has 0 aliphatic carbocycles. The van der Waals surface area contributed by atoms with Crippen molar-refractivity contribution in [2.24, 2.45) is 10.9 Å². The second-order valence-electron chi connectivity index (χ2n) is 7.37. The Morgan fingerprint density at radius 2 is 2.26 bits per heavy atom. The molecule has 2 unspecified atom stereocenters. The summed E-state index contributed by atoms with van der Waals surface area (Å²) in [6.45, 7) is 5.20. The van der Waals surface area contributed by atoms with E-state index in [1.165, 1.54) is 16.5 Å². The van der Waals surface area contributed by atoms with Gasteiger partial charge in [-0.1, -0.05) is 25.1 Å². The van der Waals surface area contributed by atoms with Crippen LogP contribution < -0.4 is 5.32 Å². The maximum absolute atomic E-state index is 4.53. The summed E-state index contributed by atoms with van der Waals surface area (Å²) < 4.78 is 2.23. The Kier molecular flexibility index (Phi) is 5.14. The minimum Gasteiger partial charge on any atom is -0.361 e. The Morgan fingerprint density at radius 1 is 1.37 bits per heavy atom. The predicted octanol–water partition coefficient (Wildman–Crippen LogP) is 3.07. The van der Waals surface area contributed by atoms with E-state index in [9.17, 15) is 0 Å². The molecule has 1 fully saturated rings. The third kappa shape index (κ3) is 3.70. The van der Waals surface area contributed by atoms with E-state index < -0.39 is 0 Å². The fraction of sp³-hybridized carbons (Fsp3) is 0.429. The SMILES string of the molecule is CN=C(NCCc1c[nH]c2ccccc12)N1CCC(C)C(n2ccnc2)C1. The van der Waals surface area contributed by atoms with Gasteiger partial charge in [0, 0.05) is 56.2 Å². The third-order valence-corrected chi connectivity index (χ3v) is 5.69. The van der Waals surface area contributed by atoms with Crippen LogP contribution in [0, 0.1) is 5.92 Å². The summed E-state index contributed by atoms with van der Waals surface area (Å²) in [5, 5.41) is 4.87. The first-order chi connectivity index (χ1) is 13.3. The van der Waals surface area contributed by atoms with E-state index in [-0.39, 0.29) is 0 Å². The van der Waals surface area contributed by atoms with Gasteiger partial charge in [0.05, 0.1) is 12.4 Å². The van der Waals surface area contributed by atoms with Gasteiger partial charge < -0.3 is 19.8 Å². The molecule has 3 aromatic rings. The van der Waals surface area contributed by atoms with E-state index in [1.54, 1.807) is 0 Å². The lowest BCUT2D eigenvalue weighted by atomic mass is 9.93. The molecule has 2 aromatic heterocycles. The quantitative estimate of drug-likeness (QED) is 0.552. The van der Waals surface area contributed by atoms with Gasteiger partial charge in [-0.05, 0) is 30.4 Å². The number of aromatic amines is 1. The summed E-state index contributed by atoms with van der Waals surface area (Å²) in [6.07, 6.45) is 10.1. The van der Waals surface area contributed by atoms with Crippen molar-refractivity contribution >= 4 is 16.9 Å². The van der Waals surface area contributed by atoms with Gasteiger partial charge in [-0.3, -0.25) is 4.99 Å². The van der Waals surface area contributed by atoms with Crippen molar-refractivity contribution in [3.63, 3.8) is 0 Å². The molecule has 0 saturated carbocycles. The number of H-pyrrole nitrogens is 1. The Hall–Kier alpha value is -2.76. The average molecular weight is 364 g/mol. The molecule has 1 aliphatic rings. The largest absolute Gasteiger partial charge is 0.361 e. The van der Waals surface area contributed by atoms with Crippen LogP contribution >= 0.6 is 0 Å². The van der Waals surface area contributed by atoms with Crippen LogP contribution in [-0.4, -0.2) is 52.1 Å². The Morgan fingerprint density at radius 3 is 3.07 bits per heavy atom. The number of hydrogen-bond donors (Lipinski definition) is 2. The maximum atomic E-state index is 4.53. The minimum absolute atomic E-state index is 0.438. The molecule has 1 saturated heterocycles. The van der Waals surface area contributed by atoms with Crippen molar-refractivity contribution in [1.29, 1.82) is 0 Å². The highest BCUT2D eigenvalue weighted by atomic mass is 15.3. The highest BCUT2D eigenvalue weighted by Crippen LogP contribution is 2.27. The van der Waals surface area contributed by atoms with Crippen molar-refractivity contribution in [3.05, 3.63) is 54.7 Å². The zero-order valence-electron chi connectivity index (χ0n) is 16.1. The number of nitrogens with zero attached hydrogens (tertiary/aromatic N) is 4. The molecular formula is C21H28N6. The molecule has 6 nitrogen and oxygen atoms in total. The van der Waals surface area contributed by atoms with Gasteiger partial charge in [0.1, 0.15) is 0 Å². The van der Waals surface area contributed by atoms with Crippen molar-refractivity contribution < 1.29 is 0 Å². The molecule has 27 heavy (non-hydrogen) atoms. The lowest BCUT2D eigenvalue weighted by molar-refractivity contribution is 0.189. The second kappa shape index (κ2) is 7.86. The average Bonchev–Trinajstić information content (AvgIpc) is 3.36. The third-order valence-electron chi connectivity index (χ3n) is 5.69. The topological polar surface area (TPSA) is 61.2 Å². The molecule has 0 bridgehead atoms. The van der Waals surface area contributed by atoms with Crippen LogP contribution in [-0.2, 0) is 6.42 Å². The number of fused-ring (bicyclic) bond motifs is 1. The Balaban J connectivity index is 1.37. The fourth-order valence-corrected chi connectivity index (χ4v) is 4.07. The molecule has 0 spiro atoms. The van der Waals surface area contributed by atoms with Gasteiger partial charge in [-0.15, -0.1) is 0 Å². The first-order valence-corrected chi connectivity index (χ1v) is 9.74. The number of para-hydroxylation sites is 1. The van der Waals surface area contributed by atoms with Gasteiger partial charge in [0.2, 0.25) is 0 Å². The Labute approximate surface area is 160 Å². The van der Waals surface area contributed by atoms with Gasteiger partial charge in [-0.2, -0.15) is 0 Å². The number of aliphatic imine (C=N–C) groups is 1. The lowest BCUT2D eigenvalue weighted by Crippen LogP contribution is -2.49. The number of benzene rings is 1. The molecule has 4 rings (SSSR count). The van der Waals surface area contributed by atoms with Crippen LogP contribution in [0.1, 0.15) is 24.9 Å². The van der Waals surface area contributed by atoms with E-state index >= 15 is 0 Å². The van der Waals surface area contributed by atoms with E-state index in [2.05, 4.69) is 73.3 Å². The van der Waals surface area contributed by atoms with Gasteiger partial charge in [-0.25, -0.2) is 4.98 Å². The molecule has 142 valence electrons. The molecule has 1 aromatic carbocycles. The van der Waals surface area contributed by atoms with Crippen LogP contribution in [0.2, 0.25) is 0 Å². The van der Waals surface area contributed by atoms with Crippen molar-refractivity contribution in [2.75, 3.05) is 26.7 Å². The van der Waals surface area contributed by atoms with Crippen molar-refractivity contribution in [3.8, 4) is 0 Å². The summed E-state index contributed by atoms with van der Waals surface area (Å²) >= 11 is 0. The van der Waals surface area contributed by atoms with Gasteiger partial charge >= 0.3 is 0 Å². The maximum Gasteiger partial charge on any atom is 0.193 e. The molecule has 2 atom stereocenters. The molecule has 1 aliphatic heterocycles. The summed E-state index contributed by atoms with van der Waals surface area (Å²) in [7, 11) is 1.87. The zero-order valence-corrected chi connectivity index (χ0v) is 16.1. The highest BCUT2D eigenvalue weighted by molar-refractivity contribution is 5.83. The molecule has 0 amide bonds. The van der Waals surface area contributed by atoms with Crippen molar-refractivity contribution in [1.82, 2.24) is 24.8 Å². The van der Waals surface area contributed by atoms with E-state index in [1.807, 2.05) is 19.6 Å². The van der Waals surface area contributed by atoms with Gasteiger partial charge in [0.15, 0.2) is 5.96 Å². The minimum atomic E-state index is 0.438. The number of imidazole rings is 1. The number of piperidine rings is 1. The summed E-state index contributed by atoms with van der Waals surface area (Å²) in [4.78, 5) is 14.5. The van der Waals surface area contributed by atoms with E-state index in [0.717, 1.165) is 38.4 Å². The highest BCUT2D eigenvalue weighted by Gasteiger charge is 2.28. The molecule has 2 N–H and O–H groups in total. The smallest absolute Gasteiger partial charge is 0.193 e. The standard InChI is InChI=1S/C21H28N6/c1-16-8-11-26(14-20(16)27-12-10-23-15-27)21(22-2)24-9-7-17-13-25-19-6-4-3-5-18(17)19/h3-6,10,12-13,15-16,20,25H,7-9,11,14H2,1-2H3,(H,22,24). The molecular weight excluding hydrogens is 336 g/mol. The van der Waals surface area contributed by atoms with Crippen LogP contribution in [0.3, 0.4) is 0 Å². The summed E-state index contributed by atoms with van der Waals surface area (Å²) in [6, 6.07) is 8.90. The summed E-state index contributed by atoms with van der Waals surface area (Å²) in [5.74, 6) is 1.63. The van der Waals surface area contributed by atoms with Crippen LogP contribution in [0.5, 0.6) is 0 Å². The Bertz CT molecular complexity index is 894. The normalized spacial score (nSPS) is 21.0. The van der Waals surface area contributed by atoms with Gasteiger partial charge in [0.25, 0.3) is 0 Å². The van der Waals surface area contributed by atoms with E-state index in [0.29, 0.717) is 12.0 Å². The second-order valence-corrected chi connectivity index (χ2v) is 7.37. The predicted molar refractivity (Wildman–Crippen MR) is 110 cm³/mol. The molecule has 3 heterocycles. The number of likely N-dealkylation sites (tertiary alicyclic amines) is 1. The number of aromatic nitrogens is 3. The number of nitrogens with one attached hydrogen (secondary N) is 2. The fourth-order valence-electron chi connectivity index (χ4n) is 4.07. The first kappa shape index (κ1) is 17.6. The monoisotopic (exact) mass is 364 g/mol. The summed E-state index contributed by atoms with van der Waals surface area (Å²) in [5.41, 5.74) is 2.54. The van der Waals surface area contributed by atoms with E-state index in [4.69, 9.17) is 0 Å². The number of guanidine groups is 1. The molecule has 0 radical (unpaired) electrons. The first-order valence-electron chi connectivity index (χ1n) is 9.74. The zero-order chi connectivity index (χ0) is 18.6. The van der Waals surface area contributed by atoms with Crippen molar-refractivity contribution in [2.45, 2.75) is 25.8 Å². The van der Waals surface area contributed by atoms with Crippen LogP contribution in [0.4, 0.5) is 0 Å². The van der Waals surface area contributed by atoms with Crippen LogP contribution in [0.15, 0.2) is 54.2 Å². The molecule has 6 heteroatoms. The van der Waals surface area contributed by atoms with Crippen LogP contribution in [0.25, 0.3) is 10.9 Å².